The summed E-state index contributed by atoms with van der Waals surface area (Å²) in [4.78, 5) is 0. The third-order valence-corrected chi connectivity index (χ3v) is 5.07. The van der Waals surface area contributed by atoms with Crippen LogP contribution in [-0.2, 0) is 22.2 Å². The Labute approximate surface area is 137 Å². The first-order valence-electron chi connectivity index (χ1n) is 7.22. The van der Waals surface area contributed by atoms with Gasteiger partial charge >= 0.3 is 0 Å². The van der Waals surface area contributed by atoms with Crippen LogP contribution in [0.25, 0.3) is 0 Å². The van der Waals surface area contributed by atoms with Gasteiger partial charge in [0.15, 0.2) is 0 Å². The minimum atomic E-state index is -3.30. The Balaban J connectivity index is 1.82. The lowest BCUT2D eigenvalue weighted by Gasteiger charge is -2.08. The van der Waals surface area contributed by atoms with Gasteiger partial charge in [-0.25, -0.2) is 13.1 Å². The normalized spacial score (nSPS) is 11.5. The average Bonchev–Trinajstić information content (AvgIpc) is 2.45. The van der Waals surface area contributed by atoms with Crippen molar-refractivity contribution in [2.75, 3.05) is 6.54 Å². The van der Waals surface area contributed by atoms with Crippen molar-refractivity contribution in [3.63, 3.8) is 0 Å². The van der Waals surface area contributed by atoms with Gasteiger partial charge in [0.2, 0.25) is 10.0 Å². The predicted octanol–water partition coefficient (Wildman–Crippen LogP) is 3.70. The molecule has 0 aliphatic rings. The fourth-order valence-electron chi connectivity index (χ4n) is 2.28. The van der Waals surface area contributed by atoms with Crippen molar-refractivity contribution in [1.29, 1.82) is 0 Å². The van der Waals surface area contributed by atoms with E-state index in [9.17, 15) is 8.42 Å². The van der Waals surface area contributed by atoms with Crippen LogP contribution in [0, 0.1) is 6.92 Å². The standard InChI is InChI=1S/C17H20ClNO2S/c1-14-6-4-7-15(12-14)13-22(20,21)19-11-5-9-16-8-2-3-10-17(16)18/h2-4,6-8,10,12,19H,5,9,11,13H2,1H3. The van der Waals surface area contributed by atoms with Gasteiger partial charge in [-0.15, -0.1) is 0 Å². The molecular weight excluding hydrogens is 318 g/mol. The highest BCUT2D eigenvalue weighted by molar-refractivity contribution is 7.88. The Morgan fingerprint density at radius 2 is 1.86 bits per heavy atom. The van der Waals surface area contributed by atoms with E-state index >= 15 is 0 Å². The van der Waals surface area contributed by atoms with Crippen molar-refractivity contribution >= 4 is 21.6 Å². The second-order valence-corrected chi connectivity index (χ2v) is 7.55. The molecule has 0 saturated heterocycles. The van der Waals surface area contributed by atoms with Crippen molar-refractivity contribution in [3.8, 4) is 0 Å². The molecule has 0 fully saturated rings. The Bertz CT molecular complexity index is 729. The summed E-state index contributed by atoms with van der Waals surface area (Å²) in [5.74, 6) is 0.0147. The van der Waals surface area contributed by atoms with Gasteiger partial charge in [-0.05, 0) is 37.0 Å². The predicted molar refractivity (Wildman–Crippen MR) is 91.6 cm³/mol. The molecule has 0 radical (unpaired) electrons. The summed E-state index contributed by atoms with van der Waals surface area (Å²) < 4.78 is 26.8. The van der Waals surface area contributed by atoms with Crippen LogP contribution in [0.15, 0.2) is 48.5 Å². The van der Waals surface area contributed by atoms with Gasteiger partial charge in [0.25, 0.3) is 0 Å². The van der Waals surface area contributed by atoms with Gasteiger partial charge in [0.1, 0.15) is 0 Å². The topological polar surface area (TPSA) is 46.2 Å². The number of sulfonamides is 1. The molecule has 0 atom stereocenters. The molecule has 0 unspecified atom stereocenters. The van der Waals surface area contributed by atoms with E-state index in [2.05, 4.69) is 4.72 Å². The van der Waals surface area contributed by atoms with E-state index in [4.69, 9.17) is 11.6 Å². The molecule has 2 aromatic carbocycles. The largest absolute Gasteiger partial charge is 0.215 e. The molecule has 0 aliphatic carbocycles. The number of aryl methyl sites for hydroxylation is 2. The number of rotatable bonds is 7. The molecule has 22 heavy (non-hydrogen) atoms. The molecule has 0 heterocycles. The number of hydrogen-bond acceptors (Lipinski definition) is 2. The fraction of sp³-hybridized carbons (Fsp3) is 0.294. The van der Waals surface area contributed by atoms with Crippen molar-refractivity contribution in [1.82, 2.24) is 4.72 Å². The van der Waals surface area contributed by atoms with E-state index < -0.39 is 10.0 Å². The number of halogens is 1. The van der Waals surface area contributed by atoms with E-state index in [-0.39, 0.29) is 5.75 Å². The van der Waals surface area contributed by atoms with Gasteiger partial charge in [-0.2, -0.15) is 0 Å². The smallest absolute Gasteiger partial charge is 0.215 e. The van der Waals surface area contributed by atoms with E-state index in [0.29, 0.717) is 6.54 Å². The number of hydrogen-bond donors (Lipinski definition) is 1. The van der Waals surface area contributed by atoms with Crippen molar-refractivity contribution in [2.24, 2.45) is 0 Å². The van der Waals surface area contributed by atoms with Crippen LogP contribution < -0.4 is 4.72 Å². The number of nitrogens with one attached hydrogen (secondary N) is 1. The monoisotopic (exact) mass is 337 g/mol. The zero-order chi connectivity index (χ0) is 16.0. The first kappa shape index (κ1) is 17.0. The molecule has 5 heteroatoms. The highest BCUT2D eigenvalue weighted by atomic mass is 35.5. The summed E-state index contributed by atoms with van der Waals surface area (Å²) in [7, 11) is -3.30. The van der Waals surface area contributed by atoms with E-state index in [1.807, 2.05) is 55.5 Å². The average molecular weight is 338 g/mol. The van der Waals surface area contributed by atoms with Crippen LogP contribution in [0.2, 0.25) is 5.02 Å². The van der Waals surface area contributed by atoms with Gasteiger partial charge in [-0.3, -0.25) is 0 Å². The van der Waals surface area contributed by atoms with Gasteiger partial charge in [0, 0.05) is 11.6 Å². The van der Waals surface area contributed by atoms with Crippen molar-refractivity contribution in [2.45, 2.75) is 25.5 Å². The van der Waals surface area contributed by atoms with Crippen LogP contribution in [0.5, 0.6) is 0 Å². The molecule has 0 aromatic heterocycles. The van der Waals surface area contributed by atoms with Crippen LogP contribution in [0.1, 0.15) is 23.1 Å². The van der Waals surface area contributed by atoms with Crippen molar-refractivity contribution in [3.05, 3.63) is 70.2 Å². The first-order valence-corrected chi connectivity index (χ1v) is 9.25. The zero-order valence-corrected chi connectivity index (χ0v) is 14.1. The minimum Gasteiger partial charge on any atom is -0.215 e. The van der Waals surface area contributed by atoms with Gasteiger partial charge in [0.05, 0.1) is 5.75 Å². The zero-order valence-electron chi connectivity index (χ0n) is 12.5. The van der Waals surface area contributed by atoms with Crippen molar-refractivity contribution < 1.29 is 8.42 Å². The Morgan fingerprint density at radius 1 is 1.09 bits per heavy atom. The molecule has 0 spiro atoms. The highest BCUT2D eigenvalue weighted by Crippen LogP contribution is 2.16. The van der Waals surface area contributed by atoms with Gasteiger partial charge in [-0.1, -0.05) is 59.6 Å². The van der Waals surface area contributed by atoms with Gasteiger partial charge < -0.3 is 0 Å². The molecule has 3 nitrogen and oxygen atoms in total. The molecule has 118 valence electrons. The molecule has 0 aliphatic heterocycles. The lowest BCUT2D eigenvalue weighted by atomic mass is 10.1. The Morgan fingerprint density at radius 3 is 2.59 bits per heavy atom. The van der Waals surface area contributed by atoms with Crippen LogP contribution in [-0.4, -0.2) is 15.0 Å². The number of benzene rings is 2. The Kier molecular flexibility index (Phi) is 6.00. The lowest BCUT2D eigenvalue weighted by Crippen LogP contribution is -2.26. The fourth-order valence-corrected chi connectivity index (χ4v) is 3.69. The maximum atomic E-state index is 12.1. The molecular formula is C17H20ClNO2S. The quantitative estimate of drug-likeness (QED) is 0.783. The summed E-state index contributed by atoms with van der Waals surface area (Å²) in [6, 6.07) is 15.2. The third kappa shape index (κ3) is 5.44. The lowest BCUT2D eigenvalue weighted by molar-refractivity contribution is 0.578. The summed E-state index contributed by atoms with van der Waals surface area (Å²) in [5, 5.41) is 0.727. The van der Waals surface area contributed by atoms with E-state index in [1.54, 1.807) is 0 Å². The maximum absolute atomic E-state index is 12.1. The highest BCUT2D eigenvalue weighted by Gasteiger charge is 2.11. The second kappa shape index (κ2) is 7.77. The molecule has 2 rings (SSSR count). The van der Waals surface area contributed by atoms with E-state index in [0.717, 1.165) is 34.6 Å². The summed E-state index contributed by atoms with van der Waals surface area (Å²) >= 11 is 6.08. The minimum absolute atomic E-state index is 0.0147. The van der Waals surface area contributed by atoms with Crippen LogP contribution in [0.4, 0.5) is 0 Å². The SMILES string of the molecule is Cc1cccc(CS(=O)(=O)NCCCc2ccccc2Cl)c1. The second-order valence-electron chi connectivity index (χ2n) is 5.34. The third-order valence-electron chi connectivity index (χ3n) is 3.34. The first-order chi connectivity index (χ1) is 10.5. The summed E-state index contributed by atoms with van der Waals surface area (Å²) in [5.41, 5.74) is 2.91. The Hall–Kier alpha value is -1.36. The molecule has 2 aromatic rings. The molecule has 1 N–H and O–H groups in total. The summed E-state index contributed by atoms with van der Waals surface area (Å²) in [6.45, 7) is 2.37. The van der Waals surface area contributed by atoms with Crippen LogP contribution >= 0.6 is 11.6 Å². The van der Waals surface area contributed by atoms with E-state index in [1.165, 1.54) is 0 Å². The summed E-state index contributed by atoms with van der Waals surface area (Å²) in [6.07, 6.45) is 1.48. The molecule has 0 amide bonds. The molecule has 0 saturated carbocycles. The van der Waals surface area contributed by atoms with Crippen LogP contribution in [0.3, 0.4) is 0 Å². The maximum Gasteiger partial charge on any atom is 0.215 e. The molecule has 0 bridgehead atoms.